The highest BCUT2D eigenvalue weighted by molar-refractivity contribution is 6.30. The van der Waals surface area contributed by atoms with Gasteiger partial charge in [-0.1, -0.05) is 23.7 Å². The number of anilines is 2. The Morgan fingerprint density at radius 1 is 0.917 bits per heavy atom. The molecule has 0 radical (unpaired) electrons. The molecule has 0 unspecified atom stereocenters. The SMILES string of the molecule is N#CCC(=O)Nc1ccc(NC(=O)CCc2ccc(Cl)cc2)cc1. The molecule has 5 nitrogen and oxygen atoms in total. The first-order chi connectivity index (χ1) is 11.6. The van der Waals surface area contributed by atoms with E-state index < -0.39 is 0 Å². The number of aryl methyl sites for hydroxylation is 1. The molecule has 122 valence electrons. The number of nitrogens with one attached hydrogen (secondary N) is 2. The number of carbonyl (C=O) groups is 2. The zero-order chi connectivity index (χ0) is 17.4. The molecule has 0 aliphatic carbocycles. The average Bonchev–Trinajstić information content (AvgIpc) is 2.56. The molecule has 0 saturated heterocycles. The maximum Gasteiger partial charge on any atom is 0.238 e. The van der Waals surface area contributed by atoms with E-state index in [4.69, 9.17) is 16.9 Å². The van der Waals surface area contributed by atoms with Crippen molar-refractivity contribution in [2.45, 2.75) is 19.3 Å². The quantitative estimate of drug-likeness (QED) is 0.839. The highest BCUT2D eigenvalue weighted by Crippen LogP contribution is 2.15. The summed E-state index contributed by atoms with van der Waals surface area (Å²) in [5.41, 5.74) is 2.27. The molecule has 2 N–H and O–H groups in total. The van der Waals surface area contributed by atoms with Gasteiger partial charge in [-0.3, -0.25) is 9.59 Å². The Bertz CT molecular complexity index is 749. The summed E-state index contributed by atoms with van der Waals surface area (Å²) in [6.07, 6.45) is 0.802. The molecule has 2 rings (SSSR count). The molecule has 0 bridgehead atoms. The minimum absolute atomic E-state index is 0.0915. The van der Waals surface area contributed by atoms with Crippen LogP contribution in [-0.4, -0.2) is 11.8 Å². The van der Waals surface area contributed by atoms with Gasteiger partial charge < -0.3 is 10.6 Å². The van der Waals surface area contributed by atoms with E-state index >= 15 is 0 Å². The van der Waals surface area contributed by atoms with Crippen molar-refractivity contribution in [1.29, 1.82) is 5.26 Å². The normalized spacial score (nSPS) is 9.83. The van der Waals surface area contributed by atoms with Crippen LogP contribution < -0.4 is 10.6 Å². The summed E-state index contributed by atoms with van der Waals surface area (Å²) in [5, 5.41) is 14.5. The van der Waals surface area contributed by atoms with E-state index in [0.717, 1.165) is 5.56 Å². The molecule has 2 aromatic rings. The number of halogens is 1. The molecule has 2 aromatic carbocycles. The summed E-state index contributed by atoms with van der Waals surface area (Å²) in [7, 11) is 0. The van der Waals surface area contributed by atoms with Crippen LogP contribution in [0.25, 0.3) is 0 Å². The second-order valence-corrected chi connectivity index (χ2v) is 5.57. The lowest BCUT2D eigenvalue weighted by molar-refractivity contribution is -0.116. The van der Waals surface area contributed by atoms with Gasteiger partial charge in [0.1, 0.15) is 6.42 Å². The predicted octanol–water partition coefficient (Wildman–Crippen LogP) is 3.76. The van der Waals surface area contributed by atoms with Crippen LogP contribution >= 0.6 is 11.6 Å². The monoisotopic (exact) mass is 341 g/mol. The Morgan fingerprint density at radius 3 is 2.00 bits per heavy atom. The summed E-state index contributed by atoms with van der Waals surface area (Å²) >= 11 is 5.82. The molecule has 6 heteroatoms. The van der Waals surface area contributed by atoms with E-state index in [0.29, 0.717) is 29.2 Å². The van der Waals surface area contributed by atoms with Gasteiger partial charge in [-0.05, 0) is 48.4 Å². The number of nitrogens with zero attached hydrogens (tertiary/aromatic N) is 1. The first-order valence-electron chi connectivity index (χ1n) is 7.38. The van der Waals surface area contributed by atoms with Gasteiger partial charge in [0.25, 0.3) is 0 Å². The van der Waals surface area contributed by atoms with Gasteiger partial charge >= 0.3 is 0 Å². The minimum atomic E-state index is -0.364. The molecule has 0 spiro atoms. The van der Waals surface area contributed by atoms with Crippen molar-refractivity contribution in [2.24, 2.45) is 0 Å². The lowest BCUT2D eigenvalue weighted by Crippen LogP contribution is -2.13. The Morgan fingerprint density at radius 2 is 1.46 bits per heavy atom. The third-order valence-electron chi connectivity index (χ3n) is 3.25. The number of rotatable bonds is 6. The number of nitriles is 1. The molecule has 0 aliphatic rings. The van der Waals surface area contributed by atoms with Crippen LogP contribution in [0.3, 0.4) is 0 Å². The van der Waals surface area contributed by atoms with Crippen molar-refractivity contribution in [3.8, 4) is 6.07 Å². The first kappa shape index (κ1) is 17.5. The van der Waals surface area contributed by atoms with Crippen LogP contribution in [0, 0.1) is 11.3 Å². The van der Waals surface area contributed by atoms with Crippen molar-refractivity contribution in [3.05, 3.63) is 59.1 Å². The molecule has 0 heterocycles. The molecule has 0 aliphatic heterocycles. The lowest BCUT2D eigenvalue weighted by atomic mass is 10.1. The number of hydrogen-bond donors (Lipinski definition) is 2. The molecular weight excluding hydrogens is 326 g/mol. The summed E-state index contributed by atoms with van der Waals surface area (Å²) in [6.45, 7) is 0. The fourth-order valence-corrected chi connectivity index (χ4v) is 2.17. The summed E-state index contributed by atoms with van der Waals surface area (Å²) < 4.78 is 0. The number of hydrogen-bond acceptors (Lipinski definition) is 3. The van der Waals surface area contributed by atoms with Crippen LogP contribution in [0.5, 0.6) is 0 Å². The Hall–Kier alpha value is -2.84. The highest BCUT2D eigenvalue weighted by atomic mass is 35.5. The van der Waals surface area contributed by atoms with Crippen LogP contribution in [0.15, 0.2) is 48.5 Å². The van der Waals surface area contributed by atoms with Crippen molar-refractivity contribution >= 4 is 34.8 Å². The van der Waals surface area contributed by atoms with Crippen LogP contribution in [-0.2, 0) is 16.0 Å². The van der Waals surface area contributed by atoms with Crippen LogP contribution in [0.2, 0.25) is 5.02 Å². The van der Waals surface area contributed by atoms with Gasteiger partial charge in [-0.15, -0.1) is 0 Å². The third-order valence-corrected chi connectivity index (χ3v) is 3.50. The highest BCUT2D eigenvalue weighted by Gasteiger charge is 2.05. The molecule has 0 aromatic heterocycles. The van der Waals surface area contributed by atoms with E-state index in [9.17, 15) is 9.59 Å². The standard InChI is InChI=1S/C18H16ClN3O2/c19-14-4-1-13(2-5-14)3-10-17(23)21-15-6-8-16(9-7-15)22-18(24)11-12-20/h1-2,4-9H,3,10-11H2,(H,21,23)(H,22,24). The smallest absolute Gasteiger partial charge is 0.238 e. The van der Waals surface area contributed by atoms with Crippen LogP contribution in [0.4, 0.5) is 11.4 Å². The maximum absolute atomic E-state index is 12.0. The Balaban J connectivity index is 1.82. The second kappa shape index (κ2) is 8.70. The van der Waals surface area contributed by atoms with Crippen molar-refractivity contribution in [2.75, 3.05) is 10.6 Å². The summed E-state index contributed by atoms with van der Waals surface area (Å²) in [4.78, 5) is 23.3. The molecule has 0 fully saturated rings. The zero-order valence-corrected chi connectivity index (χ0v) is 13.6. The predicted molar refractivity (Wildman–Crippen MR) is 93.7 cm³/mol. The first-order valence-corrected chi connectivity index (χ1v) is 7.76. The van der Waals surface area contributed by atoms with Gasteiger partial charge in [0.05, 0.1) is 6.07 Å². The molecule has 0 saturated carbocycles. The van der Waals surface area contributed by atoms with Crippen LogP contribution in [0.1, 0.15) is 18.4 Å². The van der Waals surface area contributed by atoms with E-state index in [2.05, 4.69) is 10.6 Å². The maximum atomic E-state index is 12.0. The second-order valence-electron chi connectivity index (χ2n) is 5.14. The number of carbonyl (C=O) groups excluding carboxylic acids is 2. The summed E-state index contributed by atoms with van der Waals surface area (Å²) in [5.74, 6) is -0.455. The largest absolute Gasteiger partial charge is 0.326 e. The molecular formula is C18H16ClN3O2. The molecule has 24 heavy (non-hydrogen) atoms. The average molecular weight is 342 g/mol. The number of amides is 2. The van der Waals surface area contributed by atoms with E-state index in [1.54, 1.807) is 42.5 Å². The Labute approximate surface area is 145 Å². The topological polar surface area (TPSA) is 82.0 Å². The van der Waals surface area contributed by atoms with Gasteiger partial charge in [-0.2, -0.15) is 5.26 Å². The van der Waals surface area contributed by atoms with Crippen molar-refractivity contribution < 1.29 is 9.59 Å². The molecule has 2 amide bonds. The lowest BCUT2D eigenvalue weighted by Gasteiger charge is -2.07. The van der Waals surface area contributed by atoms with Crippen molar-refractivity contribution in [3.63, 3.8) is 0 Å². The van der Waals surface area contributed by atoms with E-state index in [1.165, 1.54) is 0 Å². The Kier molecular flexibility index (Phi) is 6.35. The minimum Gasteiger partial charge on any atom is -0.326 e. The fraction of sp³-hybridized carbons (Fsp3) is 0.167. The van der Waals surface area contributed by atoms with E-state index in [1.807, 2.05) is 12.1 Å². The summed E-state index contributed by atoms with van der Waals surface area (Å²) in [6, 6.07) is 15.9. The fourth-order valence-electron chi connectivity index (χ4n) is 2.05. The van der Waals surface area contributed by atoms with Gasteiger partial charge in [0, 0.05) is 22.8 Å². The van der Waals surface area contributed by atoms with Gasteiger partial charge in [-0.25, -0.2) is 0 Å². The molecule has 0 atom stereocenters. The zero-order valence-electron chi connectivity index (χ0n) is 12.9. The van der Waals surface area contributed by atoms with E-state index in [-0.39, 0.29) is 18.2 Å². The van der Waals surface area contributed by atoms with Gasteiger partial charge in [0.15, 0.2) is 0 Å². The number of benzene rings is 2. The van der Waals surface area contributed by atoms with Crippen molar-refractivity contribution in [1.82, 2.24) is 0 Å². The third kappa shape index (κ3) is 5.75. The van der Waals surface area contributed by atoms with Gasteiger partial charge in [0.2, 0.25) is 11.8 Å².